The van der Waals surface area contributed by atoms with Crippen molar-refractivity contribution in [1.29, 1.82) is 0 Å². The Morgan fingerprint density at radius 3 is 1.84 bits per heavy atom. The fraction of sp³-hybridized carbons (Fsp3) is 0.372. The lowest BCUT2D eigenvalue weighted by Crippen LogP contribution is -2.68. The van der Waals surface area contributed by atoms with Crippen molar-refractivity contribution in [1.82, 2.24) is 0 Å². The molecule has 4 aromatic rings. The van der Waals surface area contributed by atoms with E-state index in [4.69, 9.17) is 42.3 Å². The van der Waals surface area contributed by atoms with Gasteiger partial charge in [0.25, 0.3) is 0 Å². The van der Waals surface area contributed by atoms with Crippen LogP contribution in [0.1, 0.15) is 5.56 Å². The van der Waals surface area contributed by atoms with E-state index < -0.39 is 133 Å². The van der Waals surface area contributed by atoms with Gasteiger partial charge in [0.05, 0.1) is 7.11 Å². The fourth-order valence-electron chi connectivity index (χ4n) is 7.54. The summed E-state index contributed by atoms with van der Waals surface area (Å²) in [6.45, 7) is 0. The zero-order chi connectivity index (χ0) is 50.2. The van der Waals surface area contributed by atoms with Crippen molar-refractivity contribution in [3.8, 4) is 40.1 Å². The molecule has 0 unspecified atom stereocenters. The number of esters is 1. The number of carbonyl (C=O) groups excluding carboxylic acids is 1. The maximum absolute atomic E-state index is 13.6. The minimum Gasteiger partial charge on any atom is -0.508 e. The predicted molar refractivity (Wildman–Crippen MR) is 220 cm³/mol. The number of ether oxygens (including phenoxy) is 8. The number of hydrogen-bond acceptors (Lipinski definition) is 23. The van der Waals surface area contributed by atoms with Crippen LogP contribution in [0.25, 0.3) is 28.4 Å². The number of phenolic OH excluding ortho intramolecular Hbond substituents is 3. The molecular weight excluding hydrogens is 932 g/mol. The SMILES string of the molecule is COc1cc(/C=C/C(=O)O[C@H]2[C@H](O[C@H]3[C@H](Oc4ccc(-c5cc(=O)c6c(O)cc(O)cc6o5)cc4)O[C@H](C(=O)O)[C@@H](O)[C@@H]3O)O[C@H](C(=O)O)[C@@H](O)[C@@H]2O[C@@H]2O[C@H](C(=O)O)[C@@H](O)[C@H](O)[C@H]2O)ccc1O. The number of benzene rings is 3. The van der Waals surface area contributed by atoms with Gasteiger partial charge in [-0.15, -0.1) is 0 Å². The number of methoxy groups -OCH3 is 1. The van der Waals surface area contributed by atoms with Crippen molar-refractivity contribution in [2.45, 2.75) is 92.1 Å². The molecule has 0 aliphatic carbocycles. The van der Waals surface area contributed by atoms with Crippen molar-refractivity contribution >= 4 is 40.9 Å². The lowest BCUT2D eigenvalue weighted by Gasteiger charge is -2.47. The van der Waals surface area contributed by atoms with E-state index in [1.807, 2.05) is 0 Å². The van der Waals surface area contributed by atoms with Gasteiger partial charge in [0.15, 0.2) is 60.0 Å². The average Bonchev–Trinajstić information content (AvgIpc) is 3.29. The fourth-order valence-corrected chi connectivity index (χ4v) is 7.54. The number of fused-ring (bicyclic) bond motifs is 1. The molecule has 12 N–H and O–H groups in total. The van der Waals surface area contributed by atoms with Gasteiger partial charge in [0.2, 0.25) is 6.29 Å². The number of aliphatic carboxylic acids is 3. The highest BCUT2D eigenvalue weighted by molar-refractivity contribution is 5.88. The number of carboxylic acid groups (broad SMARTS) is 3. The third-order valence-electron chi connectivity index (χ3n) is 11.0. The highest BCUT2D eigenvalue weighted by Crippen LogP contribution is 2.37. The van der Waals surface area contributed by atoms with Gasteiger partial charge in [0, 0.05) is 29.8 Å². The summed E-state index contributed by atoms with van der Waals surface area (Å²) in [6, 6.07) is 12.1. The van der Waals surface area contributed by atoms with Crippen LogP contribution in [0.3, 0.4) is 0 Å². The second-order valence-electron chi connectivity index (χ2n) is 15.6. The third kappa shape index (κ3) is 10.4. The van der Waals surface area contributed by atoms with Crippen LogP contribution < -0.4 is 14.9 Å². The van der Waals surface area contributed by atoms with Gasteiger partial charge >= 0.3 is 23.9 Å². The van der Waals surface area contributed by atoms with Gasteiger partial charge in [-0.2, -0.15) is 0 Å². The van der Waals surface area contributed by atoms with E-state index in [1.54, 1.807) is 0 Å². The normalized spacial score (nSPS) is 31.5. The number of aliphatic hydroxyl groups is 6. The maximum Gasteiger partial charge on any atom is 0.335 e. The molecule has 0 saturated carbocycles. The van der Waals surface area contributed by atoms with E-state index in [2.05, 4.69) is 0 Å². The Labute approximate surface area is 385 Å². The Bertz CT molecular complexity index is 2650. The first-order chi connectivity index (χ1) is 32.7. The van der Waals surface area contributed by atoms with E-state index in [0.717, 1.165) is 30.4 Å². The lowest BCUT2D eigenvalue weighted by molar-refractivity contribution is -0.373. The second kappa shape index (κ2) is 20.3. The summed E-state index contributed by atoms with van der Waals surface area (Å²) in [4.78, 5) is 63.1. The molecule has 4 heterocycles. The summed E-state index contributed by atoms with van der Waals surface area (Å²) >= 11 is 0. The monoisotopic (exact) mass is 974 g/mol. The van der Waals surface area contributed by atoms with Gasteiger partial charge in [-0.05, 0) is 48.0 Å². The summed E-state index contributed by atoms with van der Waals surface area (Å²) in [7, 11) is 1.25. The molecule has 3 saturated heterocycles. The number of carboxylic acids is 3. The van der Waals surface area contributed by atoms with Crippen molar-refractivity contribution in [3.05, 3.63) is 82.5 Å². The molecule has 370 valence electrons. The van der Waals surface area contributed by atoms with Gasteiger partial charge < -0.3 is 104 Å². The van der Waals surface area contributed by atoms with Crippen molar-refractivity contribution < 1.29 is 123 Å². The molecule has 0 bridgehead atoms. The molecule has 0 amide bonds. The molecule has 69 heavy (non-hydrogen) atoms. The summed E-state index contributed by atoms with van der Waals surface area (Å²) in [6.07, 6.45) is -32.7. The Morgan fingerprint density at radius 2 is 1.20 bits per heavy atom. The second-order valence-corrected chi connectivity index (χ2v) is 15.6. The first kappa shape index (κ1) is 49.9. The number of rotatable bonds is 14. The zero-order valence-corrected chi connectivity index (χ0v) is 35.2. The van der Waals surface area contributed by atoms with Crippen LogP contribution in [0.15, 0.2) is 76.0 Å². The quantitative estimate of drug-likeness (QED) is 0.0478. The van der Waals surface area contributed by atoms with Gasteiger partial charge in [-0.25, -0.2) is 19.2 Å². The van der Waals surface area contributed by atoms with Crippen LogP contribution in [-0.4, -0.2) is 184 Å². The van der Waals surface area contributed by atoms with E-state index in [9.17, 15) is 85.3 Å². The average molecular weight is 975 g/mol. The highest BCUT2D eigenvalue weighted by Gasteiger charge is 2.58. The van der Waals surface area contributed by atoms with Crippen LogP contribution >= 0.6 is 0 Å². The molecule has 26 nitrogen and oxygen atoms in total. The van der Waals surface area contributed by atoms with Crippen LogP contribution in [0.4, 0.5) is 0 Å². The first-order valence-electron chi connectivity index (χ1n) is 20.2. The molecule has 7 rings (SSSR count). The molecule has 0 spiro atoms. The number of aliphatic hydroxyl groups excluding tert-OH is 6. The van der Waals surface area contributed by atoms with Crippen molar-refractivity contribution in [2.75, 3.05) is 7.11 Å². The third-order valence-corrected chi connectivity index (χ3v) is 11.0. The first-order valence-corrected chi connectivity index (χ1v) is 20.2. The molecule has 3 aromatic carbocycles. The van der Waals surface area contributed by atoms with Gasteiger partial charge in [-0.3, -0.25) is 4.79 Å². The van der Waals surface area contributed by atoms with E-state index in [0.29, 0.717) is 0 Å². The van der Waals surface area contributed by atoms with E-state index in [1.165, 1.54) is 49.6 Å². The van der Waals surface area contributed by atoms with Crippen LogP contribution in [0.2, 0.25) is 0 Å². The molecule has 3 fully saturated rings. The molecule has 26 heteroatoms. The van der Waals surface area contributed by atoms with E-state index in [-0.39, 0.29) is 45.1 Å². The summed E-state index contributed by atoms with van der Waals surface area (Å²) in [5, 5.41) is 125. The van der Waals surface area contributed by atoms with Crippen molar-refractivity contribution in [2.24, 2.45) is 0 Å². The number of aromatic hydroxyl groups is 3. The van der Waals surface area contributed by atoms with Crippen LogP contribution in [0, 0.1) is 0 Å². The van der Waals surface area contributed by atoms with Crippen LogP contribution in [0.5, 0.6) is 28.7 Å². The molecule has 3 aliphatic heterocycles. The zero-order valence-electron chi connectivity index (χ0n) is 35.2. The minimum absolute atomic E-state index is 0.00987. The predicted octanol–water partition coefficient (Wildman–Crippen LogP) is -2.05. The lowest BCUT2D eigenvalue weighted by atomic mass is 9.95. The highest BCUT2D eigenvalue weighted by atomic mass is 16.8. The molecule has 15 atom stereocenters. The summed E-state index contributed by atoms with van der Waals surface area (Å²) < 4.78 is 50.0. The Balaban J connectivity index is 1.23. The Morgan fingerprint density at radius 1 is 0.609 bits per heavy atom. The largest absolute Gasteiger partial charge is 0.508 e. The standard InChI is InChI=1S/C43H42O26/c1-61-22-10-14(2-8-18(22)45)3-9-24(48)64-37-32(65-41-30(53)26(49)27(50)33(66-41)38(55)56)31(54)35(40(59)60)68-43(37)69-36-29(52)28(51)34(39(57)58)67-42(36)62-17-6-4-15(5-7-17)21-13-20(47)25-19(46)11-16(44)12-23(25)63-21/h2-13,26-37,41-46,49-54H,1H3,(H,55,56)(H,57,58)(H,59,60)/b9-3+/t26-,27-,28-,29-,30+,31-,32-,33-,34-,35-,36+,37+,41+,42+,43-/m0/s1. The smallest absolute Gasteiger partial charge is 0.335 e. The maximum atomic E-state index is 13.6. The molecule has 1 aromatic heterocycles. The topological polar surface area (TPSA) is 415 Å². The number of carbonyl (C=O) groups is 4. The summed E-state index contributed by atoms with van der Waals surface area (Å²) in [5.74, 6) is -8.45. The molecule has 3 aliphatic rings. The van der Waals surface area contributed by atoms with Gasteiger partial charge in [-0.1, -0.05) is 6.07 Å². The van der Waals surface area contributed by atoms with Gasteiger partial charge in [0.1, 0.15) is 76.7 Å². The molecular formula is C43H42O26. The Hall–Kier alpha value is -6.95. The summed E-state index contributed by atoms with van der Waals surface area (Å²) in [5.41, 5.74) is -0.399. The van der Waals surface area contributed by atoms with E-state index >= 15 is 0 Å². The number of hydrogen-bond donors (Lipinski definition) is 12. The molecule has 0 radical (unpaired) electrons. The number of phenols is 3. The minimum atomic E-state index is -2.46. The van der Waals surface area contributed by atoms with Crippen LogP contribution in [-0.2, 0) is 47.6 Å². The Kier molecular flexibility index (Phi) is 14.7. The van der Waals surface area contributed by atoms with Crippen molar-refractivity contribution in [3.63, 3.8) is 0 Å².